The highest BCUT2D eigenvalue weighted by Gasteiger charge is 2.50. The van der Waals surface area contributed by atoms with Gasteiger partial charge in [0.15, 0.2) is 0 Å². The van der Waals surface area contributed by atoms with Crippen molar-refractivity contribution in [1.29, 1.82) is 0 Å². The summed E-state index contributed by atoms with van der Waals surface area (Å²) in [6.45, 7) is 0.324. The van der Waals surface area contributed by atoms with Gasteiger partial charge in [-0.3, -0.25) is 9.59 Å². The maximum atomic E-state index is 12.3. The van der Waals surface area contributed by atoms with Crippen molar-refractivity contribution in [3.05, 3.63) is 71.5 Å². The van der Waals surface area contributed by atoms with Gasteiger partial charge in [0.25, 0.3) is 0 Å². The van der Waals surface area contributed by atoms with Crippen LogP contribution in [0.1, 0.15) is 35.6 Å². The van der Waals surface area contributed by atoms with Gasteiger partial charge in [0, 0.05) is 12.5 Å². The van der Waals surface area contributed by atoms with Crippen molar-refractivity contribution in [2.24, 2.45) is 5.41 Å². The number of hydrogen-bond donors (Lipinski definition) is 3. The van der Waals surface area contributed by atoms with Crippen LogP contribution in [0.2, 0.25) is 0 Å². The Morgan fingerprint density at radius 3 is 2.31 bits per heavy atom. The molecule has 1 fully saturated rings. The van der Waals surface area contributed by atoms with Gasteiger partial charge in [-0.05, 0) is 35.1 Å². The van der Waals surface area contributed by atoms with E-state index < -0.39 is 17.5 Å². The summed E-state index contributed by atoms with van der Waals surface area (Å²) < 4.78 is 6.84. The number of nitrogens with one attached hydrogen (secondary N) is 2. The normalized spacial score (nSPS) is 15.1. The zero-order valence-electron chi connectivity index (χ0n) is 18.9. The van der Waals surface area contributed by atoms with Crippen LogP contribution >= 0.6 is 0 Å². The Kier molecular flexibility index (Phi) is 5.94. The molecular weight excluding hydrogens is 450 g/mol. The molecule has 0 saturated heterocycles. The lowest BCUT2D eigenvalue weighted by Crippen LogP contribution is -2.36. The first kappa shape index (κ1) is 22.6. The van der Waals surface area contributed by atoms with Crippen molar-refractivity contribution in [1.82, 2.24) is 25.6 Å². The van der Waals surface area contributed by atoms with Gasteiger partial charge in [0.05, 0.1) is 18.2 Å². The third kappa shape index (κ3) is 4.72. The average Bonchev–Trinajstić information content (AvgIpc) is 3.43. The second-order valence-corrected chi connectivity index (χ2v) is 8.95. The quantitative estimate of drug-likeness (QED) is 0.432. The Morgan fingerprint density at radius 2 is 1.69 bits per heavy atom. The molecule has 2 amide bonds. The van der Waals surface area contributed by atoms with Gasteiger partial charge in [-0.1, -0.05) is 53.7 Å². The van der Waals surface area contributed by atoms with Crippen LogP contribution in [0.15, 0.2) is 54.7 Å². The lowest BCUT2D eigenvalue weighted by atomic mass is 9.98. The SMILES string of the molecule is O=C(Cn1cc(CNC(=O)OCC2c3ccccc3-c3ccccc32)nn1)NCC1(C(=O)O)CC1. The number of amides is 2. The summed E-state index contributed by atoms with van der Waals surface area (Å²) in [6, 6.07) is 16.2. The predicted molar refractivity (Wildman–Crippen MR) is 124 cm³/mol. The molecule has 0 bridgehead atoms. The molecule has 1 heterocycles. The molecule has 10 heteroatoms. The van der Waals surface area contributed by atoms with E-state index in [9.17, 15) is 19.5 Å². The van der Waals surface area contributed by atoms with E-state index in [0.717, 1.165) is 22.3 Å². The molecule has 2 aliphatic carbocycles. The Morgan fingerprint density at radius 1 is 1.03 bits per heavy atom. The summed E-state index contributed by atoms with van der Waals surface area (Å²) in [5, 5.41) is 22.3. The molecule has 3 aromatic rings. The number of carboxylic acids is 1. The van der Waals surface area contributed by atoms with Crippen LogP contribution in [0, 0.1) is 5.41 Å². The van der Waals surface area contributed by atoms with Gasteiger partial charge in [-0.15, -0.1) is 5.10 Å². The number of aliphatic carboxylic acids is 1. The van der Waals surface area contributed by atoms with Crippen LogP contribution in [0.5, 0.6) is 0 Å². The molecule has 2 aliphatic rings. The van der Waals surface area contributed by atoms with Crippen LogP contribution in [0.3, 0.4) is 0 Å². The third-order valence-corrected chi connectivity index (χ3v) is 6.58. The van der Waals surface area contributed by atoms with Crippen LogP contribution in [0.4, 0.5) is 4.79 Å². The van der Waals surface area contributed by atoms with Gasteiger partial charge in [0.1, 0.15) is 18.8 Å². The first-order valence-electron chi connectivity index (χ1n) is 11.4. The van der Waals surface area contributed by atoms with Crippen LogP contribution in [-0.2, 0) is 27.4 Å². The third-order valence-electron chi connectivity index (χ3n) is 6.58. The summed E-state index contributed by atoms with van der Waals surface area (Å²) in [4.78, 5) is 35.6. The zero-order valence-corrected chi connectivity index (χ0v) is 18.9. The van der Waals surface area contributed by atoms with E-state index in [2.05, 4.69) is 45.2 Å². The minimum absolute atomic E-state index is 0.0246. The number of rotatable bonds is 9. The Bertz CT molecular complexity index is 1240. The summed E-state index contributed by atoms with van der Waals surface area (Å²) in [5.41, 5.74) is 4.24. The van der Waals surface area contributed by atoms with E-state index in [-0.39, 0.29) is 38.1 Å². The lowest BCUT2D eigenvalue weighted by Gasteiger charge is -2.14. The molecule has 1 saturated carbocycles. The van der Waals surface area contributed by atoms with E-state index in [1.165, 1.54) is 4.68 Å². The van der Waals surface area contributed by atoms with Crippen molar-refractivity contribution in [3.8, 4) is 11.1 Å². The number of fused-ring (bicyclic) bond motifs is 3. The molecule has 5 rings (SSSR count). The molecular formula is C25H25N5O5. The molecule has 10 nitrogen and oxygen atoms in total. The van der Waals surface area contributed by atoms with E-state index in [1.807, 2.05) is 24.3 Å². The zero-order chi connectivity index (χ0) is 24.4. The maximum Gasteiger partial charge on any atom is 0.407 e. The molecule has 35 heavy (non-hydrogen) atoms. The van der Waals surface area contributed by atoms with Crippen LogP contribution in [-0.4, -0.2) is 51.2 Å². The monoisotopic (exact) mass is 475 g/mol. The number of hydrogen-bond acceptors (Lipinski definition) is 6. The standard InChI is InChI=1S/C25H25N5O5/c31-22(27-15-25(9-10-25)23(32)33)13-30-12-16(28-29-30)11-26-24(34)35-14-21-19-7-3-1-5-17(19)18-6-2-4-8-20(18)21/h1-8,12,21H,9-11,13-15H2,(H,26,34)(H,27,31)(H,32,33). The summed E-state index contributed by atoms with van der Waals surface area (Å²) in [5.74, 6) is -1.26. The molecule has 0 radical (unpaired) electrons. The summed E-state index contributed by atoms with van der Waals surface area (Å²) in [7, 11) is 0. The van der Waals surface area contributed by atoms with Gasteiger partial charge in [-0.25, -0.2) is 9.48 Å². The highest BCUT2D eigenvalue weighted by atomic mass is 16.5. The fourth-order valence-electron chi connectivity index (χ4n) is 4.40. The highest BCUT2D eigenvalue weighted by Crippen LogP contribution is 2.45. The lowest BCUT2D eigenvalue weighted by molar-refractivity contribution is -0.143. The minimum Gasteiger partial charge on any atom is -0.481 e. The van der Waals surface area contributed by atoms with Gasteiger partial charge < -0.3 is 20.5 Å². The first-order chi connectivity index (χ1) is 16.9. The number of aromatic nitrogens is 3. The second kappa shape index (κ2) is 9.21. The number of carbonyl (C=O) groups is 3. The van der Waals surface area contributed by atoms with E-state index in [1.54, 1.807) is 6.20 Å². The molecule has 2 aromatic carbocycles. The van der Waals surface area contributed by atoms with Crippen LogP contribution < -0.4 is 10.6 Å². The van der Waals surface area contributed by atoms with E-state index in [0.29, 0.717) is 18.5 Å². The van der Waals surface area contributed by atoms with Crippen molar-refractivity contribution >= 4 is 18.0 Å². The maximum absolute atomic E-state index is 12.3. The predicted octanol–water partition coefficient (Wildman–Crippen LogP) is 2.30. The number of benzene rings is 2. The molecule has 1 aromatic heterocycles. The van der Waals surface area contributed by atoms with Crippen molar-refractivity contribution in [2.45, 2.75) is 31.8 Å². The van der Waals surface area contributed by atoms with Crippen molar-refractivity contribution in [3.63, 3.8) is 0 Å². The fourth-order valence-corrected chi connectivity index (χ4v) is 4.40. The number of carbonyl (C=O) groups excluding carboxylic acids is 2. The number of alkyl carbamates (subject to hydrolysis) is 1. The molecule has 0 atom stereocenters. The number of carboxylic acid groups (broad SMARTS) is 1. The first-order valence-corrected chi connectivity index (χ1v) is 11.4. The van der Waals surface area contributed by atoms with Gasteiger partial charge in [0.2, 0.25) is 5.91 Å². The number of nitrogens with zero attached hydrogens (tertiary/aromatic N) is 3. The Hall–Kier alpha value is -4.21. The fraction of sp³-hybridized carbons (Fsp3) is 0.320. The summed E-state index contributed by atoms with van der Waals surface area (Å²) in [6.07, 6.45) is 2.12. The van der Waals surface area contributed by atoms with E-state index >= 15 is 0 Å². The molecule has 0 aliphatic heterocycles. The second-order valence-electron chi connectivity index (χ2n) is 8.95. The Labute approximate surface area is 201 Å². The highest BCUT2D eigenvalue weighted by molar-refractivity contribution is 5.81. The molecule has 0 spiro atoms. The Balaban J connectivity index is 1.09. The smallest absolute Gasteiger partial charge is 0.407 e. The van der Waals surface area contributed by atoms with E-state index in [4.69, 9.17) is 4.74 Å². The average molecular weight is 476 g/mol. The molecule has 0 unspecified atom stereocenters. The number of ether oxygens (including phenoxy) is 1. The van der Waals surface area contributed by atoms with Crippen LogP contribution in [0.25, 0.3) is 11.1 Å². The van der Waals surface area contributed by atoms with Crippen molar-refractivity contribution < 1.29 is 24.2 Å². The topological polar surface area (TPSA) is 135 Å². The molecule has 180 valence electrons. The van der Waals surface area contributed by atoms with Gasteiger partial charge in [-0.2, -0.15) is 0 Å². The van der Waals surface area contributed by atoms with Crippen molar-refractivity contribution in [2.75, 3.05) is 13.2 Å². The minimum atomic E-state index is -0.889. The largest absolute Gasteiger partial charge is 0.481 e. The van der Waals surface area contributed by atoms with Gasteiger partial charge >= 0.3 is 12.1 Å². The summed E-state index contributed by atoms with van der Waals surface area (Å²) >= 11 is 0. The molecule has 3 N–H and O–H groups in total.